The fraction of sp³-hybridized carbons (Fsp3) is 0.312. The summed E-state index contributed by atoms with van der Waals surface area (Å²) in [6.07, 6.45) is 3.57. The second kappa shape index (κ2) is 5.92. The molecule has 3 rings (SSSR count). The van der Waals surface area contributed by atoms with Crippen molar-refractivity contribution in [1.82, 2.24) is 10.6 Å². The van der Waals surface area contributed by atoms with Crippen LogP contribution in [0, 0.1) is 0 Å². The standard InChI is InChI=1S/C16H18N2O2/c19-16(13-8-4-10-17-13)18-15(14-9-5-11-20-14)12-6-2-1-3-7-12/h1-3,5-7,9,11,13,15,17H,4,8,10H2,(H,18,19)/t13-,15?/m1/s1. The molecule has 1 aromatic heterocycles. The molecule has 4 heteroatoms. The maximum atomic E-state index is 12.3. The summed E-state index contributed by atoms with van der Waals surface area (Å²) in [4.78, 5) is 12.3. The predicted octanol–water partition coefficient (Wildman–Crippen LogP) is 2.24. The molecule has 2 N–H and O–H groups in total. The van der Waals surface area contributed by atoms with Gasteiger partial charge < -0.3 is 15.1 Å². The highest BCUT2D eigenvalue weighted by atomic mass is 16.3. The smallest absolute Gasteiger partial charge is 0.237 e. The van der Waals surface area contributed by atoms with Crippen LogP contribution in [0.15, 0.2) is 53.1 Å². The van der Waals surface area contributed by atoms with Crippen LogP contribution < -0.4 is 10.6 Å². The zero-order valence-corrected chi connectivity index (χ0v) is 11.2. The highest BCUT2D eigenvalue weighted by molar-refractivity contribution is 5.82. The Morgan fingerprint density at radius 1 is 1.25 bits per heavy atom. The van der Waals surface area contributed by atoms with E-state index in [4.69, 9.17) is 4.42 Å². The van der Waals surface area contributed by atoms with Crippen LogP contribution in [0.1, 0.15) is 30.2 Å². The third-order valence-electron chi connectivity index (χ3n) is 3.62. The van der Waals surface area contributed by atoms with Gasteiger partial charge in [-0.15, -0.1) is 0 Å². The summed E-state index contributed by atoms with van der Waals surface area (Å²) >= 11 is 0. The summed E-state index contributed by atoms with van der Waals surface area (Å²) in [7, 11) is 0. The van der Waals surface area contributed by atoms with Crippen molar-refractivity contribution in [2.24, 2.45) is 0 Å². The van der Waals surface area contributed by atoms with Gasteiger partial charge in [-0.1, -0.05) is 30.3 Å². The summed E-state index contributed by atoms with van der Waals surface area (Å²) < 4.78 is 5.48. The zero-order chi connectivity index (χ0) is 13.8. The minimum atomic E-state index is -0.235. The summed E-state index contributed by atoms with van der Waals surface area (Å²) in [5.74, 6) is 0.787. The first-order valence-electron chi connectivity index (χ1n) is 6.97. The number of benzene rings is 1. The molecule has 1 amide bonds. The second-order valence-corrected chi connectivity index (χ2v) is 5.02. The van der Waals surface area contributed by atoms with E-state index in [-0.39, 0.29) is 18.0 Å². The van der Waals surface area contributed by atoms with Crippen molar-refractivity contribution in [2.75, 3.05) is 6.54 Å². The molecule has 1 saturated heterocycles. The summed E-state index contributed by atoms with van der Waals surface area (Å²) in [5, 5.41) is 6.30. The Morgan fingerprint density at radius 2 is 2.10 bits per heavy atom. The molecule has 20 heavy (non-hydrogen) atoms. The number of amides is 1. The van der Waals surface area contributed by atoms with Gasteiger partial charge >= 0.3 is 0 Å². The molecule has 4 nitrogen and oxygen atoms in total. The summed E-state index contributed by atoms with van der Waals surface area (Å²) in [6, 6.07) is 13.3. The predicted molar refractivity (Wildman–Crippen MR) is 76.2 cm³/mol. The van der Waals surface area contributed by atoms with Gasteiger partial charge in [0.1, 0.15) is 11.8 Å². The minimum Gasteiger partial charge on any atom is -0.467 e. The molecule has 1 unspecified atom stereocenters. The highest BCUT2D eigenvalue weighted by Crippen LogP contribution is 2.22. The monoisotopic (exact) mass is 270 g/mol. The zero-order valence-electron chi connectivity index (χ0n) is 11.2. The van der Waals surface area contributed by atoms with E-state index in [0.717, 1.165) is 30.7 Å². The van der Waals surface area contributed by atoms with Crippen molar-refractivity contribution >= 4 is 5.91 Å². The Morgan fingerprint density at radius 3 is 2.75 bits per heavy atom. The number of nitrogens with one attached hydrogen (secondary N) is 2. The first-order chi connectivity index (χ1) is 9.84. The maximum Gasteiger partial charge on any atom is 0.237 e. The van der Waals surface area contributed by atoms with E-state index < -0.39 is 0 Å². The van der Waals surface area contributed by atoms with E-state index in [2.05, 4.69) is 10.6 Å². The molecule has 0 saturated carbocycles. The van der Waals surface area contributed by atoms with E-state index in [9.17, 15) is 4.79 Å². The van der Waals surface area contributed by atoms with Gasteiger partial charge in [-0.25, -0.2) is 0 Å². The van der Waals surface area contributed by atoms with E-state index in [1.165, 1.54) is 0 Å². The van der Waals surface area contributed by atoms with Crippen molar-refractivity contribution in [1.29, 1.82) is 0 Å². The lowest BCUT2D eigenvalue weighted by molar-refractivity contribution is -0.123. The largest absolute Gasteiger partial charge is 0.467 e. The quantitative estimate of drug-likeness (QED) is 0.896. The van der Waals surface area contributed by atoms with Gasteiger partial charge in [0.25, 0.3) is 0 Å². The Balaban J connectivity index is 1.81. The van der Waals surface area contributed by atoms with Crippen molar-refractivity contribution in [3.63, 3.8) is 0 Å². The van der Waals surface area contributed by atoms with Gasteiger partial charge in [0.2, 0.25) is 5.91 Å². The van der Waals surface area contributed by atoms with Gasteiger partial charge in [-0.05, 0) is 37.1 Å². The number of hydrogen-bond donors (Lipinski definition) is 2. The highest BCUT2D eigenvalue weighted by Gasteiger charge is 2.26. The van der Waals surface area contributed by atoms with E-state index >= 15 is 0 Å². The van der Waals surface area contributed by atoms with E-state index in [1.54, 1.807) is 6.26 Å². The molecule has 1 fully saturated rings. The van der Waals surface area contributed by atoms with Gasteiger partial charge in [0.15, 0.2) is 0 Å². The fourth-order valence-electron chi connectivity index (χ4n) is 2.57. The van der Waals surface area contributed by atoms with Gasteiger partial charge in [-0.2, -0.15) is 0 Å². The fourth-order valence-corrected chi connectivity index (χ4v) is 2.57. The number of furan rings is 1. The van der Waals surface area contributed by atoms with Gasteiger partial charge in [-0.3, -0.25) is 4.79 Å². The number of hydrogen-bond acceptors (Lipinski definition) is 3. The van der Waals surface area contributed by atoms with Crippen LogP contribution >= 0.6 is 0 Å². The Bertz CT molecular complexity index is 545. The molecule has 1 aromatic carbocycles. The molecule has 0 aliphatic carbocycles. The van der Waals surface area contributed by atoms with E-state index in [1.807, 2.05) is 42.5 Å². The lowest BCUT2D eigenvalue weighted by Crippen LogP contribution is -2.42. The SMILES string of the molecule is O=C(NC(c1ccccc1)c1ccco1)[C@H]1CCCN1. The molecule has 2 aromatic rings. The number of rotatable bonds is 4. The topological polar surface area (TPSA) is 54.3 Å². The van der Waals surface area contributed by atoms with Gasteiger partial charge in [0.05, 0.1) is 12.3 Å². The molecule has 1 aliphatic rings. The average Bonchev–Trinajstić information content (AvgIpc) is 3.18. The van der Waals surface area contributed by atoms with Crippen LogP contribution in [0.2, 0.25) is 0 Å². The second-order valence-electron chi connectivity index (χ2n) is 5.02. The Labute approximate surface area is 118 Å². The lowest BCUT2D eigenvalue weighted by atomic mass is 10.0. The van der Waals surface area contributed by atoms with Gasteiger partial charge in [0, 0.05) is 0 Å². The molecular formula is C16H18N2O2. The van der Waals surface area contributed by atoms with Crippen LogP contribution in [-0.4, -0.2) is 18.5 Å². The van der Waals surface area contributed by atoms with Crippen molar-refractivity contribution in [3.8, 4) is 0 Å². The van der Waals surface area contributed by atoms with Crippen molar-refractivity contribution in [2.45, 2.75) is 24.9 Å². The first kappa shape index (κ1) is 12.9. The minimum absolute atomic E-state index is 0.0350. The molecule has 2 atom stereocenters. The van der Waals surface area contributed by atoms with E-state index in [0.29, 0.717) is 0 Å². The molecule has 0 bridgehead atoms. The number of carbonyl (C=O) groups is 1. The van der Waals surface area contributed by atoms with Crippen LogP contribution in [0.5, 0.6) is 0 Å². The Hall–Kier alpha value is -2.07. The summed E-state index contributed by atoms with van der Waals surface area (Å²) in [5.41, 5.74) is 1.02. The molecule has 0 spiro atoms. The lowest BCUT2D eigenvalue weighted by Gasteiger charge is -2.19. The van der Waals surface area contributed by atoms with Crippen molar-refractivity contribution < 1.29 is 9.21 Å². The average molecular weight is 270 g/mol. The first-order valence-corrected chi connectivity index (χ1v) is 6.97. The number of carbonyl (C=O) groups excluding carboxylic acids is 1. The molecule has 1 aliphatic heterocycles. The maximum absolute atomic E-state index is 12.3. The molecular weight excluding hydrogens is 252 g/mol. The third kappa shape index (κ3) is 2.75. The third-order valence-corrected chi connectivity index (χ3v) is 3.62. The van der Waals surface area contributed by atoms with Crippen LogP contribution in [0.3, 0.4) is 0 Å². The normalized spacial score (nSPS) is 19.7. The van der Waals surface area contributed by atoms with Crippen LogP contribution in [-0.2, 0) is 4.79 Å². The van der Waals surface area contributed by atoms with Crippen LogP contribution in [0.25, 0.3) is 0 Å². The molecule has 2 heterocycles. The van der Waals surface area contributed by atoms with Crippen molar-refractivity contribution in [3.05, 3.63) is 60.1 Å². The summed E-state index contributed by atoms with van der Waals surface area (Å²) in [6.45, 7) is 0.912. The Kier molecular flexibility index (Phi) is 3.83. The molecule has 104 valence electrons. The van der Waals surface area contributed by atoms with Crippen LogP contribution in [0.4, 0.5) is 0 Å². The molecule has 0 radical (unpaired) electrons.